The standard InChI is InChI=1S/C20H20F2N4O/c1-26(10-9-19(27)24-18-11-16(21)7-8-17(18)22)13-15-12-23-25-20(15)14-5-3-2-4-6-14/h2-8,11-12H,9-10,13H2,1H3,(H,23,25)(H,24,27). The van der Waals surface area contributed by atoms with Gasteiger partial charge in [-0.05, 0) is 24.7 Å². The molecule has 0 unspecified atom stereocenters. The lowest BCUT2D eigenvalue weighted by molar-refractivity contribution is -0.116. The van der Waals surface area contributed by atoms with Crippen LogP contribution in [0.15, 0.2) is 54.7 Å². The number of rotatable bonds is 7. The van der Waals surface area contributed by atoms with Crippen LogP contribution in [-0.4, -0.2) is 34.6 Å². The van der Waals surface area contributed by atoms with Gasteiger partial charge in [-0.25, -0.2) is 8.78 Å². The second kappa shape index (κ2) is 8.55. The molecule has 0 saturated carbocycles. The molecule has 5 nitrogen and oxygen atoms in total. The molecule has 1 heterocycles. The van der Waals surface area contributed by atoms with Crippen molar-refractivity contribution in [3.05, 3.63) is 71.9 Å². The summed E-state index contributed by atoms with van der Waals surface area (Å²) < 4.78 is 26.8. The third-order valence-corrected chi connectivity index (χ3v) is 4.14. The van der Waals surface area contributed by atoms with E-state index in [1.807, 2.05) is 42.3 Å². The van der Waals surface area contributed by atoms with Crippen LogP contribution >= 0.6 is 0 Å². The molecule has 0 saturated heterocycles. The molecule has 0 spiro atoms. The molecular weight excluding hydrogens is 350 g/mol. The van der Waals surface area contributed by atoms with Crippen molar-refractivity contribution in [3.8, 4) is 11.3 Å². The zero-order valence-corrected chi connectivity index (χ0v) is 14.9. The molecule has 2 aromatic carbocycles. The smallest absolute Gasteiger partial charge is 0.225 e. The molecule has 0 aliphatic carbocycles. The molecule has 7 heteroatoms. The molecule has 3 aromatic rings. The van der Waals surface area contributed by atoms with E-state index in [2.05, 4.69) is 15.5 Å². The summed E-state index contributed by atoms with van der Waals surface area (Å²) in [4.78, 5) is 14.0. The van der Waals surface area contributed by atoms with E-state index in [4.69, 9.17) is 0 Å². The number of anilines is 1. The van der Waals surface area contributed by atoms with Gasteiger partial charge in [0.1, 0.15) is 11.6 Å². The van der Waals surface area contributed by atoms with Gasteiger partial charge in [0, 0.05) is 31.1 Å². The number of carbonyl (C=O) groups excluding carboxylic acids is 1. The molecule has 0 radical (unpaired) electrons. The zero-order chi connectivity index (χ0) is 19.2. The zero-order valence-electron chi connectivity index (χ0n) is 14.9. The van der Waals surface area contributed by atoms with Gasteiger partial charge in [0.2, 0.25) is 5.91 Å². The molecular formula is C20H20F2N4O. The van der Waals surface area contributed by atoms with E-state index in [1.165, 1.54) is 0 Å². The van der Waals surface area contributed by atoms with E-state index in [0.29, 0.717) is 13.1 Å². The maximum absolute atomic E-state index is 13.6. The lowest BCUT2D eigenvalue weighted by atomic mass is 10.1. The molecule has 0 fully saturated rings. The minimum Gasteiger partial charge on any atom is -0.323 e. The van der Waals surface area contributed by atoms with Gasteiger partial charge in [0.15, 0.2) is 0 Å². The van der Waals surface area contributed by atoms with Crippen LogP contribution in [0.25, 0.3) is 11.3 Å². The van der Waals surface area contributed by atoms with Crippen molar-refractivity contribution in [1.82, 2.24) is 15.1 Å². The van der Waals surface area contributed by atoms with Crippen LogP contribution in [-0.2, 0) is 11.3 Å². The fourth-order valence-corrected chi connectivity index (χ4v) is 2.75. The summed E-state index contributed by atoms with van der Waals surface area (Å²) in [6.45, 7) is 1.06. The largest absolute Gasteiger partial charge is 0.323 e. The molecule has 2 N–H and O–H groups in total. The van der Waals surface area contributed by atoms with E-state index >= 15 is 0 Å². The Morgan fingerprint density at radius 3 is 2.74 bits per heavy atom. The van der Waals surface area contributed by atoms with Gasteiger partial charge in [-0.2, -0.15) is 5.10 Å². The Labute approximate surface area is 156 Å². The van der Waals surface area contributed by atoms with E-state index in [9.17, 15) is 13.6 Å². The average Bonchev–Trinajstić information content (AvgIpc) is 3.12. The minimum atomic E-state index is -0.663. The third-order valence-electron chi connectivity index (χ3n) is 4.14. The van der Waals surface area contributed by atoms with Crippen LogP contribution in [0.1, 0.15) is 12.0 Å². The van der Waals surface area contributed by atoms with Gasteiger partial charge in [0.05, 0.1) is 17.6 Å². The van der Waals surface area contributed by atoms with Gasteiger partial charge in [0.25, 0.3) is 0 Å². The summed E-state index contributed by atoms with van der Waals surface area (Å²) in [6, 6.07) is 12.8. The highest BCUT2D eigenvalue weighted by atomic mass is 19.1. The number of hydrogen-bond acceptors (Lipinski definition) is 3. The number of carbonyl (C=O) groups is 1. The van der Waals surface area contributed by atoms with Gasteiger partial charge in [-0.15, -0.1) is 0 Å². The number of halogens is 2. The monoisotopic (exact) mass is 370 g/mol. The Balaban J connectivity index is 1.55. The molecule has 0 aliphatic rings. The average molecular weight is 370 g/mol. The molecule has 27 heavy (non-hydrogen) atoms. The number of aromatic nitrogens is 2. The first-order valence-electron chi connectivity index (χ1n) is 8.54. The molecule has 140 valence electrons. The highest BCUT2D eigenvalue weighted by Crippen LogP contribution is 2.21. The van der Waals surface area contributed by atoms with Gasteiger partial charge < -0.3 is 10.2 Å². The predicted molar refractivity (Wildman–Crippen MR) is 100.0 cm³/mol. The fraction of sp³-hybridized carbons (Fsp3) is 0.200. The van der Waals surface area contributed by atoms with E-state index < -0.39 is 11.6 Å². The van der Waals surface area contributed by atoms with E-state index in [1.54, 1.807) is 6.20 Å². The number of nitrogens with one attached hydrogen (secondary N) is 2. The Bertz CT molecular complexity index is 911. The van der Waals surface area contributed by atoms with Crippen molar-refractivity contribution < 1.29 is 13.6 Å². The summed E-state index contributed by atoms with van der Waals surface area (Å²) in [6.07, 6.45) is 1.92. The third kappa shape index (κ3) is 4.98. The second-order valence-corrected chi connectivity index (χ2v) is 6.30. The second-order valence-electron chi connectivity index (χ2n) is 6.30. The van der Waals surface area contributed by atoms with Crippen molar-refractivity contribution in [3.63, 3.8) is 0 Å². The molecule has 1 amide bonds. The summed E-state index contributed by atoms with van der Waals surface area (Å²) in [5, 5.41) is 9.52. The number of hydrogen-bond donors (Lipinski definition) is 2. The first-order valence-corrected chi connectivity index (χ1v) is 8.54. The predicted octanol–water partition coefficient (Wildman–Crippen LogP) is 3.82. The highest BCUT2D eigenvalue weighted by molar-refractivity contribution is 5.90. The van der Waals surface area contributed by atoms with Gasteiger partial charge in [-0.3, -0.25) is 9.89 Å². The normalized spacial score (nSPS) is 11.0. The highest BCUT2D eigenvalue weighted by Gasteiger charge is 2.12. The number of amides is 1. The number of aromatic amines is 1. The van der Waals surface area contributed by atoms with Gasteiger partial charge >= 0.3 is 0 Å². The lowest BCUT2D eigenvalue weighted by Gasteiger charge is -2.16. The SMILES string of the molecule is CN(CCC(=O)Nc1cc(F)ccc1F)Cc1cn[nH]c1-c1ccccc1. The Kier molecular flexibility index (Phi) is 5.93. The first-order chi connectivity index (χ1) is 13.0. The van der Waals surface area contributed by atoms with Crippen LogP contribution in [0.4, 0.5) is 14.5 Å². The van der Waals surface area contributed by atoms with Crippen molar-refractivity contribution in [2.24, 2.45) is 0 Å². The summed E-state index contributed by atoms with van der Waals surface area (Å²) in [7, 11) is 1.89. The molecule has 0 bridgehead atoms. The van der Waals surface area contributed by atoms with Crippen molar-refractivity contribution in [2.45, 2.75) is 13.0 Å². The Hall–Kier alpha value is -3.06. The number of nitrogens with zero attached hydrogens (tertiary/aromatic N) is 2. The summed E-state index contributed by atoms with van der Waals surface area (Å²) in [5.74, 6) is -1.64. The van der Waals surface area contributed by atoms with Crippen LogP contribution in [0.2, 0.25) is 0 Å². The number of H-pyrrole nitrogens is 1. The first kappa shape index (κ1) is 18.7. The maximum Gasteiger partial charge on any atom is 0.225 e. The number of benzene rings is 2. The van der Waals surface area contributed by atoms with Crippen molar-refractivity contribution >= 4 is 11.6 Å². The van der Waals surface area contributed by atoms with E-state index in [0.717, 1.165) is 35.0 Å². The van der Waals surface area contributed by atoms with Crippen LogP contribution in [0.5, 0.6) is 0 Å². The topological polar surface area (TPSA) is 61.0 Å². The molecule has 3 rings (SSSR count). The van der Waals surface area contributed by atoms with Crippen molar-refractivity contribution in [1.29, 1.82) is 0 Å². The van der Waals surface area contributed by atoms with Crippen LogP contribution in [0, 0.1) is 11.6 Å². The molecule has 0 aliphatic heterocycles. The van der Waals surface area contributed by atoms with Crippen molar-refractivity contribution in [2.75, 3.05) is 18.9 Å². The lowest BCUT2D eigenvalue weighted by Crippen LogP contribution is -2.24. The van der Waals surface area contributed by atoms with Crippen LogP contribution < -0.4 is 5.32 Å². The summed E-state index contributed by atoms with van der Waals surface area (Å²) in [5.41, 5.74) is 2.84. The molecule has 0 atom stereocenters. The summed E-state index contributed by atoms with van der Waals surface area (Å²) >= 11 is 0. The minimum absolute atomic E-state index is 0.149. The molecule has 1 aromatic heterocycles. The maximum atomic E-state index is 13.6. The Morgan fingerprint density at radius 1 is 1.19 bits per heavy atom. The fourth-order valence-electron chi connectivity index (χ4n) is 2.75. The van der Waals surface area contributed by atoms with Crippen LogP contribution in [0.3, 0.4) is 0 Å². The van der Waals surface area contributed by atoms with Gasteiger partial charge in [-0.1, -0.05) is 30.3 Å². The van der Waals surface area contributed by atoms with E-state index in [-0.39, 0.29) is 18.0 Å². The quantitative estimate of drug-likeness (QED) is 0.665. The Morgan fingerprint density at radius 2 is 1.96 bits per heavy atom.